The predicted octanol–water partition coefficient (Wildman–Crippen LogP) is 1.20. The van der Waals surface area contributed by atoms with E-state index in [2.05, 4.69) is 10.2 Å². The van der Waals surface area contributed by atoms with Crippen molar-refractivity contribution in [1.82, 2.24) is 15.1 Å². The van der Waals surface area contributed by atoms with Crippen LogP contribution in [0.15, 0.2) is 24.3 Å². The van der Waals surface area contributed by atoms with Gasteiger partial charge in [-0.2, -0.15) is 0 Å². The number of hydrogen-bond donors (Lipinski definition) is 1. The average Bonchev–Trinajstić information content (AvgIpc) is 2.55. The number of carbonyl (C=O) groups is 1. The van der Waals surface area contributed by atoms with Crippen molar-refractivity contribution < 1.29 is 9.53 Å². The third-order valence-electron chi connectivity index (χ3n) is 3.90. The summed E-state index contributed by atoms with van der Waals surface area (Å²) in [6, 6.07) is 7.81. The van der Waals surface area contributed by atoms with Crippen molar-refractivity contribution >= 4 is 5.91 Å². The molecule has 2 rings (SSSR count). The summed E-state index contributed by atoms with van der Waals surface area (Å²) >= 11 is 0. The smallest absolute Gasteiger partial charge is 0.253 e. The van der Waals surface area contributed by atoms with Gasteiger partial charge in [0, 0.05) is 39.3 Å². The Morgan fingerprint density at radius 3 is 2.73 bits per heavy atom. The van der Waals surface area contributed by atoms with Crippen molar-refractivity contribution in [2.24, 2.45) is 0 Å². The summed E-state index contributed by atoms with van der Waals surface area (Å²) in [6.45, 7) is 6.59. The summed E-state index contributed by atoms with van der Waals surface area (Å²) in [4.78, 5) is 16.2. The molecule has 0 spiro atoms. The van der Waals surface area contributed by atoms with Gasteiger partial charge in [-0.3, -0.25) is 9.69 Å². The van der Waals surface area contributed by atoms with E-state index < -0.39 is 0 Å². The monoisotopic (exact) mass is 305 g/mol. The molecular weight excluding hydrogens is 278 g/mol. The summed E-state index contributed by atoms with van der Waals surface area (Å²) in [7, 11) is 3.57. The van der Waals surface area contributed by atoms with Gasteiger partial charge in [-0.15, -0.1) is 0 Å². The summed E-state index contributed by atoms with van der Waals surface area (Å²) in [6.07, 6.45) is 1.11. The molecule has 1 saturated heterocycles. The zero-order valence-electron chi connectivity index (χ0n) is 13.7. The van der Waals surface area contributed by atoms with Crippen LogP contribution in [0, 0.1) is 0 Å². The van der Waals surface area contributed by atoms with E-state index in [-0.39, 0.29) is 5.91 Å². The van der Waals surface area contributed by atoms with Crippen molar-refractivity contribution in [3.8, 4) is 0 Å². The minimum Gasteiger partial charge on any atom is -0.379 e. The molecule has 0 saturated carbocycles. The van der Waals surface area contributed by atoms with Crippen molar-refractivity contribution in [1.29, 1.82) is 0 Å². The highest BCUT2D eigenvalue weighted by atomic mass is 16.5. The lowest BCUT2D eigenvalue weighted by Crippen LogP contribution is -2.37. The SMILES string of the molecule is CN(C)C(=O)c1ccccc1CNCCCN1CCOCC1. The molecule has 0 atom stereocenters. The Kier molecular flexibility index (Phi) is 6.83. The Morgan fingerprint density at radius 2 is 2.00 bits per heavy atom. The number of nitrogens with zero attached hydrogens (tertiary/aromatic N) is 2. The Morgan fingerprint density at radius 1 is 1.27 bits per heavy atom. The number of rotatable bonds is 7. The second-order valence-electron chi connectivity index (χ2n) is 5.84. The van der Waals surface area contributed by atoms with E-state index in [0.717, 1.165) is 63.5 Å². The quantitative estimate of drug-likeness (QED) is 0.769. The van der Waals surface area contributed by atoms with Crippen LogP contribution in [-0.2, 0) is 11.3 Å². The fourth-order valence-electron chi connectivity index (χ4n) is 2.60. The second kappa shape index (κ2) is 8.88. The van der Waals surface area contributed by atoms with Gasteiger partial charge in [0.1, 0.15) is 0 Å². The molecule has 5 heteroatoms. The van der Waals surface area contributed by atoms with Crippen molar-refractivity contribution in [3.05, 3.63) is 35.4 Å². The van der Waals surface area contributed by atoms with Crippen LogP contribution in [0.5, 0.6) is 0 Å². The number of hydrogen-bond acceptors (Lipinski definition) is 4. The van der Waals surface area contributed by atoms with Crippen LogP contribution in [0.2, 0.25) is 0 Å². The molecule has 22 heavy (non-hydrogen) atoms. The molecule has 1 aliphatic heterocycles. The molecule has 0 unspecified atom stereocenters. The summed E-state index contributed by atoms with van der Waals surface area (Å²) in [5.74, 6) is 0.0608. The van der Waals surface area contributed by atoms with Crippen molar-refractivity contribution in [2.45, 2.75) is 13.0 Å². The minimum absolute atomic E-state index is 0.0608. The first kappa shape index (κ1) is 16.9. The largest absolute Gasteiger partial charge is 0.379 e. The first-order chi connectivity index (χ1) is 10.7. The van der Waals surface area contributed by atoms with Crippen LogP contribution in [-0.4, -0.2) is 69.2 Å². The maximum atomic E-state index is 12.1. The van der Waals surface area contributed by atoms with Crippen LogP contribution in [0.4, 0.5) is 0 Å². The van der Waals surface area contributed by atoms with Crippen molar-refractivity contribution in [2.75, 3.05) is 53.5 Å². The average molecular weight is 305 g/mol. The molecule has 0 radical (unpaired) electrons. The number of benzene rings is 1. The number of carbonyl (C=O) groups excluding carboxylic acids is 1. The van der Waals surface area contributed by atoms with Crippen LogP contribution in [0.3, 0.4) is 0 Å². The number of nitrogens with one attached hydrogen (secondary N) is 1. The number of amides is 1. The number of ether oxygens (including phenoxy) is 1. The highest BCUT2D eigenvalue weighted by Gasteiger charge is 2.12. The fourth-order valence-corrected chi connectivity index (χ4v) is 2.60. The summed E-state index contributed by atoms with van der Waals surface area (Å²) in [5.41, 5.74) is 1.85. The Hall–Kier alpha value is -1.43. The topological polar surface area (TPSA) is 44.8 Å². The molecule has 122 valence electrons. The summed E-state index contributed by atoms with van der Waals surface area (Å²) < 4.78 is 5.35. The van der Waals surface area contributed by atoms with E-state index in [1.807, 2.05) is 24.3 Å². The molecule has 1 aromatic rings. The lowest BCUT2D eigenvalue weighted by Gasteiger charge is -2.26. The Labute approximate surface area is 133 Å². The van der Waals surface area contributed by atoms with Gasteiger partial charge in [0.2, 0.25) is 0 Å². The van der Waals surface area contributed by atoms with Crippen LogP contribution in [0.1, 0.15) is 22.3 Å². The molecule has 1 fully saturated rings. The third-order valence-corrected chi connectivity index (χ3v) is 3.90. The van der Waals surface area contributed by atoms with E-state index in [4.69, 9.17) is 4.74 Å². The first-order valence-corrected chi connectivity index (χ1v) is 7.99. The van der Waals surface area contributed by atoms with Crippen LogP contribution < -0.4 is 5.32 Å². The molecular formula is C17H27N3O2. The van der Waals surface area contributed by atoms with Crippen molar-refractivity contribution in [3.63, 3.8) is 0 Å². The Bertz CT molecular complexity index is 471. The van der Waals surface area contributed by atoms with Gasteiger partial charge < -0.3 is 15.0 Å². The highest BCUT2D eigenvalue weighted by molar-refractivity contribution is 5.95. The molecule has 1 aromatic carbocycles. The van der Waals surface area contributed by atoms with E-state index >= 15 is 0 Å². The molecule has 1 heterocycles. The molecule has 1 amide bonds. The first-order valence-electron chi connectivity index (χ1n) is 7.99. The van der Waals surface area contributed by atoms with Gasteiger partial charge in [-0.05, 0) is 31.1 Å². The van der Waals surface area contributed by atoms with Gasteiger partial charge in [-0.1, -0.05) is 18.2 Å². The van der Waals surface area contributed by atoms with E-state index in [9.17, 15) is 4.79 Å². The molecule has 5 nitrogen and oxygen atoms in total. The normalized spacial score (nSPS) is 15.7. The zero-order valence-corrected chi connectivity index (χ0v) is 13.7. The standard InChI is InChI=1S/C17H27N3O2/c1-19(2)17(21)16-7-4-3-6-15(16)14-18-8-5-9-20-10-12-22-13-11-20/h3-4,6-7,18H,5,8-14H2,1-2H3. The molecule has 0 bridgehead atoms. The third kappa shape index (κ3) is 5.09. The predicted molar refractivity (Wildman–Crippen MR) is 88.0 cm³/mol. The maximum absolute atomic E-state index is 12.1. The van der Waals surface area contributed by atoms with Gasteiger partial charge in [0.05, 0.1) is 13.2 Å². The number of morpholine rings is 1. The lowest BCUT2D eigenvalue weighted by molar-refractivity contribution is 0.0374. The summed E-state index contributed by atoms with van der Waals surface area (Å²) in [5, 5.41) is 3.45. The molecule has 0 aliphatic carbocycles. The maximum Gasteiger partial charge on any atom is 0.253 e. The molecule has 0 aromatic heterocycles. The van der Waals surface area contributed by atoms with Gasteiger partial charge in [0.15, 0.2) is 0 Å². The van der Waals surface area contributed by atoms with E-state index in [1.54, 1.807) is 19.0 Å². The zero-order chi connectivity index (χ0) is 15.8. The van der Waals surface area contributed by atoms with Crippen LogP contribution in [0.25, 0.3) is 0 Å². The van der Waals surface area contributed by atoms with E-state index in [0.29, 0.717) is 0 Å². The second-order valence-corrected chi connectivity index (χ2v) is 5.84. The lowest BCUT2D eigenvalue weighted by atomic mass is 10.1. The van der Waals surface area contributed by atoms with Crippen LogP contribution >= 0.6 is 0 Å². The van der Waals surface area contributed by atoms with Gasteiger partial charge in [-0.25, -0.2) is 0 Å². The molecule has 1 N–H and O–H groups in total. The fraction of sp³-hybridized carbons (Fsp3) is 0.588. The van der Waals surface area contributed by atoms with E-state index in [1.165, 1.54) is 0 Å². The highest BCUT2D eigenvalue weighted by Crippen LogP contribution is 2.10. The minimum atomic E-state index is 0.0608. The molecule has 1 aliphatic rings. The van der Waals surface area contributed by atoms with Gasteiger partial charge in [0.25, 0.3) is 5.91 Å². The Balaban J connectivity index is 1.73. The van der Waals surface area contributed by atoms with Gasteiger partial charge >= 0.3 is 0 Å².